The average molecular weight is 1360 g/mol. The minimum Gasteiger partial charge on any atom is -0.507 e. The molecule has 16 nitrogen and oxygen atoms in total. The van der Waals surface area contributed by atoms with E-state index in [0.29, 0.717) is 48.7 Å². The van der Waals surface area contributed by atoms with Gasteiger partial charge in [-0.25, -0.2) is 0 Å². The lowest BCUT2D eigenvalue weighted by molar-refractivity contribution is -0.138. The van der Waals surface area contributed by atoms with Crippen LogP contribution < -0.4 is 0 Å². The van der Waals surface area contributed by atoms with Gasteiger partial charge in [-0.3, -0.25) is 19.2 Å². The van der Waals surface area contributed by atoms with Gasteiger partial charge in [0.1, 0.15) is 23.0 Å². The van der Waals surface area contributed by atoms with E-state index in [1.54, 1.807) is 0 Å². The average Bonchev–Trinajstić information content (AvgIpc) is 0.839. The zero-order valence-electron chi connectivity index (χ0n) is 64.3. The van der Waals surface area contributed by atoms with E-state index >= 15 is 0 Å². The van der Waals surface area contributed by atoms with Crippen molar-refractivity contribution in [2.45, 2.75) is 269 Å². The van der Waals surface area contributed by atoms with Gasteiger partial charge in [0.15, 0.2) is 0 Å². The topological polar surface area (TPSA) is 311 Å². The number of aliphatic hydroxyl groups is 4. The molecule has 0 unspecified atom stereocenters. The molecule has 0 saturated carbocycles. The maximum absolute atomic E-state index is 10.8. The van der Waals surface area contributed by atoms with E-state index in [9.17, 15) is 39.6 Å². The van der Waals surface area contributed by atoms with Gasteiger partial charge in [-0.05, 0) is 187 Å². The van der Waals surface area contributed by atoms with Crippen LogP contribution in [0.3, 0.4) is 0 Å². The van der Waals surface area contributed by atoms with Crippen molar-refractivity contribution >= 4 is 23.9 Å². The van der Waals surface area contributed by atoms with Gasteiger partial charge in [0.2, 0.25) is 0 Å². The second-order valence-electron chi connectivity index (χ2n) is 36.7. The Morgan fingerprint density at radius 3 is 0.433 bits per heavy atom. The summed E-state index contributed by atoms with van der Waals surface area (Å²) in [5.74, 6) is -1.64. The van der Waals surface area contributed by atoms with Crippen LogP contribution in [0.25, 0.3) is 0 Å². The number of carboxylic acids is 4. The van der Waals surface area contributed by atoms with Crippen LogP contribution in [0.15, 0.2) is 48.5 Å². The van der Waals surface area contributed by atoms with Crippen LogP contribution in [0.5, 0.6) is 23.0 Å². The molecular formula is C81H132O16. The summed E-state index contributed by atoms with van der Waals surface area (Å²) in [6, 6.07) is 15.7. The Morgan fingerprint density at radius 1 is 0.247 bits per heavy atom. The third-order valence-corrected chi connectivity index (χ3v) is 14.9. The number of phenolic OH excluding ortho intramolecular Hbond substituents is 4. The normalized spacial score (nSPS) is 12.4. The number of benzene rings is 4. The molecule has 4 rings (SSSR count). The summed E-state index contributed by atoms with van der Waals surface area (Å²) < 4.78 is 0. The molecule has 0 fully saturated rings. The summed E-state index contributed by atoms with van der Waals surface area (Å²) in [6.07, 6.45) is 8.69. The third kappa shape index (κ3) is 41.1. The Bertz CT molecular complexity index is 2540. The second-order valence-corrected chi connectivity index (χ2v) is 36.7. The van der Waals surface area contributed by atoms with E-state index in [0.717, 1.165) is 118 Å². The predicted molar refractivity (Wildman–Crippen MR) is 392 cm³/mol. The highest BCUT2D eigenvalue weighted by Gasteiger charge is 2.28. The smallest absolute Gasteiger partial charge is 0.303 e. The number of phenols is 4. The number of aliphatic hydroxyl groups excluding tert-OH is 4. The molecule has 552 valence electrons. The Hall–Kier alpha value is -6.20. The SMILES string of the molecule is CC(C)(C)Cc1cc(CCC(=O)O)cc(CC(C)(C)C)c1O.CC(C)(C)Cc1cc(CCC(=O)O)cc(CC(C)(C)C)c1O.CC(C)(C)Cc1cc(CCC(=O)O)cc(CC(C)(C)C)c1O.CC(C)(C)Cc1cc(CCC(=O)O)cc(CC(C)(C)C)c1O.OCC(CO)(CO)CO. The van der Waals surface area contributed by atoms with Crippen molar-refractivity contribution in [3.8, 4) is 23.0 Å². The van der Waals surface area contributed by atoms with Crippen LogP contribution >= 0.6 is 0 Å². The van der Waals surface area contributed by atoms with Crippen LogP contribution in [0, 0.1) is 48.7 Å². The molecule has 0 aliphatic heterocycles. The van der Waals surface area contributed by atoms with Gasteiger partial charge in [0.25, 0.3) is 0 Å². The first-order chi connectivity index (χ1) is 43.7. The number of aryl methyl sites for hydroxylation is 4. The van der Waals surface area contributed by atoms with Crippen molar-refractivity contribution in [1.29, 1.82) is 0 Å². The van der Waals surface area contributed by atoms with E-state index in [2.05, 4.69) is 166 Å². The minimum atomic E-state index is -1.11. The molecule has 0 spiro atoms. The summed E-state index contributed by atoms with van der Waals surface area (Å²) in [5, 5.41) is 112. The van der Waals surface area contributed by atoms with Crippen LogP contribution in [0.2, 0.25) is 0 Å². The fraction of sp³-hybridized carbons (Fsp3) is 0.654. The van der Waals surface area contributed by atoms with E-state index in [-0.39, 0.29) is 69.0 Å². The fourth-order valence-electron chi connectivity index (χ4n) is 10.9. The van der Waals surface area contributed by atoms with Crippen molar-refractivity contribution in [2.24, 2.45) is 48.7 Å². The van der Waals surface area contributed by atoms with Crippen LogP contribution in [0.1, 0.15) is 259 Å². The van der Waals surface area contributed by atoms with Crippen LogP contribution in [-0.2, 0) is 96.2 Å². The molecule has 0 atom stereocenters. The molecule has 0 aliphatic rings. The van der Waals surface area contributed by atoms with Gasteiger partial charge in [0, 0.05) is 25.7 Å². The molecular weight excluding hydrogens is 1230 g/mol. The number of hydrogen-bond donors (Lipinski definition) is 12. The predicted octanol–water partition coefficient (Wildman–Crippen LogP) is 16.3. The molecule has 12 N–H and O–H groups in total. The molecule has 16 heteroatoms. The Balaban J connectivity index is 0.00000121. The van der Waals surface area contributed by atoms with Gasteiger partial charge in [-0.15, -0.1) is 0 Å². The Kier molecular flexibility index (Phi) is 35.9. The van der Waals surface area contributed by atoms with E-state index in [1.165, 1.54) is 0 Å². The van der Waals surface area contributed by atoms with Gasteiger partial charge in [0.05, 0.1) is 31.8 Å². The standard InChI is InChI=1S/4C19H30O3.C5H12O4/c4*1-18(2,3)11-14-9-13(7-8-16(20)21)10-15(17(14)22)12-19(4,5)6;6-1-5(2-7,3-8)4-9/h4*9-10,22H,7-8,11-12H2,1-6H3,(H,20,21);6-9H,1-4H2. The summed E-state index contributed by atoms with van der Waals surface area (Å²) in [5.41, 5.74) is 10.9. The zero-order chi connectivity index (χ0) is 75.8. The monoisotopic (exact) mass is 1360 g/mol. The molecule has 4 aromatic carbocycles. The van der Waals surface area contributed by atoms with Crippen LogP contribution in [0.4, 0.5) is 0 Å². The highest BCUT2D eigenvalue weighted by Crippen LogP contribution is 2.39. The summed E-state index contributed by atoms with van der Waals surface area (Å²) in [4.78, 5) is 43.3. The van der Waals surface area contributed by atoms with Crippen molar-refractivity contribution in [2.75, 3.05) is 26.4 Å². The number of carboxylic acid groups (broad SMARTS) is 4. The zero-order valence-corrected chi connectivity index (χ0v) is 64.3. The van der Waals surface area contributed by atoms with E-state index < -0.39 is 55.7 Å². The van der Waals surface area contributed by atoms with E-state index in [4.69, 9.17) is 40.9 Å². The number of aromatic hydroxyl groups is 4. The lowest BCUT2D eigenvalue weighted by atomic mass is 9.82. The quantitative estimate of drug-likeness (QED) is 0.0310. The first kappa shape index (κ1) is 90.8. The summed E-state index contributed by atoms with van der Waals surface area (Å²) >= 11 is 0. The molecule has 97 heavy (non-hydrogen) atoms. The molecule has 0 heterocycles. The van der Waals surface area contributed by atoms with Crippen molar-refractivity contribution in [3.63, 3.8) is 0 Å². The van der Waals surface area contributed by atoms with Crippen molar-refractivity contribution in [1.82, 2.24) is 0 Å². The van der Waals surface area contributed by atoms with Gasteiger partial charge in [-0.1, -0.05) is 215 Å². The summed E-state index contributed by atoms with van der Waals surface area (Å²) in [7, 11) is 0. The number of carbonyl (C=O) groups is 4. The Morgan fingerprint density at radius 2 is 0.361 bits per heavy atom. The Labute approximate surface area is 584 Å². The maximum Gasteiger partial charge on any atom is 0.303 e. The van der Waals surface area contributed by atoms with Crippen LogP contribution in [-0.4, -0.2) is 112 Å². The van der Waals surface area contributed by atoms with Gasteiger partial charge in [-0.2, -0.15) is 0 Å². The number of aliphatic carboxylic acids is 4. The number of rotatable bonds is 24. The summed E-state index contributed by atoms with van der Waals surface area (Å²) in [6.45, 7) is 49.7. The molecule has 0 radical (unpaired) electrons. The highest BCUT2D eigenvalue weighted by atomic mass is 16.4. The minimum absolute atomic E-state index is 0.0713. The van der Waals surface area contributed by atoms with E-state index in [1.807, 2.05) is 48.5 Å². The first-order valence-electron chi connectivity index (χ1n) is 34.4. The van der Waals surface area contributed by atoms with Gasteiger partial charge < -0.3 is 61.3 Å². The molecule has 0 aliphatic carbocycles. The molecule has 0 amide bonds. The molecule has 0 saturated heterocycles. The van der Waals surface area contributed by atoms with Gasteiger partial charge >= 0.3 is 23.9 Å². The second kappa shape index (κ2) is 38.4. The third-order valence-electron chi connectivity index (χ3n) is 14.9. The van der Waals surface area contributed by atoms with Crippen molar-refractivity contribution < 1.29 is 80.5 Å². The molecule has 0 bridgehead atoms. The van der Waals surface area contributed by atoms with Crippen molar-refractivity contribution in [3.05, 3.63) is 115 Å². The maximum atomic E-state index is 10.8. The first-order valence-corrected chi connectivity index (χ1v) is 34.4. The fourth-order valence-corrected chi connectivity index (χ4v) is 10.9. The largest absolute Gasteiger partial charge is 0.507 e. The lowest BCUT2D eigenvalue weighted by Gasteiger charge is -2.24. The molecule has 4 aromatic rings. The number of hydrogen-bond acceptors (Lipinski definition) is 12. The highest BCUT2D eigenvalue weighted by molar-refractivity contribution is 5.68. The molecule has 0 aromatic heterocycles. The lowest BCUT2D eigenvalue weighted by Crippen LogP contribution is -2.37.